The highest BCUT2D eigenvalue weighted by molar-refractivity contribution is 5.80. The molecule has 8 heteroatoms. The molecule has 0 atom stereocenters. The predicted octanol–water partition coefficient (Wildman–Crippen LogP) is 0.872. The van der Waals surface area contributed by atoms with Crippen LogP contribution in [0.25, 0.3) is 5.78 Å². The molecule has 2 N–H and O–H groups in total. The number of benzene rings is 1. The first-order valence-corrected chi connectivity index (χ1v) is 6.12. The highest BCUT2D eigenvalue weighted by atomic mass is 16.5. The molecular formula is C13H12N6O2. The van der Waals surface area contributed by atoms with Gasteiger partial charge in [-0.1, -0.05) is 0 Å². The zero-order valence-electron chi connectivity index (χ0n) is 11.1. The third-order valence-electron chi connectivity index (χ3n) is 2.78. The molecule has 21 heavy (non-hydrogen) atoms. The van der Waals surface area contributed by atoms with E-state index in [0.717, 1.165) is 11.3 Å². The van der Waals surface area contributed by atoms with Crippen molar-refractivity contribution in [2.75, 3.05) is 12.5 Å². The lowest BCUT2D eigenvalue weighted by atomic mass is 10.2. The quantitative estimate of drug-likeness (QED) is 0.547. The fraction of sp³-hybridized carbons (Fsp3) is 0.0769. The maximum Gasteiger partial charge on any atom is 0.276 e. The SMILES string of the molecule is COc1ccc(/C=N/Nc2cc(=O)n3[nH]cnc3n2)cc1. The van der Waals surface area contributed by atoms with Crippen molar-refractivity contribution in [1.82, 2.24) is 19.6 Å². The molecule has 2 aromatic heterocycles. The van der Waals surface area contributed by atoms with Crippen LogP contribution in [0.5, 0.6) is 5.75 Å². The lowest BCUT2D eigenvalue weighted by Gasteiger charge is -2.00. The number of ether oxygens (including phenoxy) is 1. The van der Waals surface area contributed by atoms with E-state index in [1.165, 1.54) is 16.9 Å². The van der Waals surface area contributed by atoms with Gasteiger partial charge in [0.05, 0.1) is 13.3 Å². The Balaban J connectivity index is 1.75. The largest absolute Gasteiger partial charge is 0.497 e. The molecule has 106 valence electrons. The number of hydrogen-bond donors (Lipinski definition) is 2. The van der Waals surface area contributed by atoms with Crippen LogP contribution >= 0.6 is 0 Å². The van der Waals surface area contributed by atoms with Gasteiger partial charge in [-0.3, -0.25) is 15.3 Å². The normalized spacial score (nSPS) is 11.1. The summed E-state index contributed by atoms with van der Waals surface area (Å²) < 4.78 is 6.31. The lowest BCUT2D eigenvalue weighted by Crippen LogP contribution is -2.15. The van der Waals surface area contributed by atoms with Gasteiger partial charge in [0.25, 0.3) is 11.3 Å². The first-order chi connectivity index (χ1) is 10.3. The van der Waals surface area contributed by atoms with Crippen LogP contribution in [0.4, 0.5) is 5.82 Å². The standard InChI is InChI=1S/C13H12N6O2/c1-21-10-4-2-9(3-5-10)7-15-18-11-6-12(20)19-13(17-11)14-8-16-19/h2-8,18H,1H3,(H,14,16,17)/b15-7+. The van der Waals surface area contributed by atoms with Crippen LogP contribution in [-0.2, 0) is 0 Å². The van der Waals surface area contributed by atoms with E-state index in [4.69, 9.17) is 4.74 Å². The number of fused-ring (bicyclic) bond motifs is 1. The number of hydrazone groups is 1. The van der Waals surface area contributed by atoms with Crippen LogP contribution in [0.15, 0.2) is 46.6 Å². The van der Waals surface area contributed by atoms with Gasteiger partial charge >= 0.3 is 0 Å². The highest BCUT2D eigenvalue weighted by Gasteiger charge is 2.02. The summed E-state index contributed by atoms with van der Waals surface area (Å²) in [7, 11) is 1.61. The van der Waals surface area contributed by atoms with Gasteiger partial charge in [0.1, 0.15) is 12.1 Å². The number of nitrogens with one attached hydrogen (secondary N) is 2. The molecule has 0 saturated heterocycles. The first-order valence-electron chi connectivity index (χ1n) is 6.12. The van der Waals surface area contributed by atoms with Crippen LogP contribution < -0.4 is 15.7 Å². The van der Waals surface area contributed by atoms with E-state index in [0.29, 0.717) is 5.82 Å². The summed E-state index contributed by atoms with van der Waals surface area (Å²) in [6.45, 7) is 0. The highest BCUT2D eigenvalue weighted by Crippen LogP contribution is 2.09. The van der Waals surface area contributed by atoms with Crippen molar-refractivity contribution in [3.8, 4) is 5.75 Å². The molecule has 0 unspecified atom stereocenters. The number of anilines is 1. The van der Waals surface area contributed by atoms with E-state index < -0.39 is 0 Å². The number of nitrogens with zero attached hydrogens (tertiary/aromatic N) is 4. The second-order valence-electron chi connectivity index (χ2n) is 4.15. The number of H-pyrrole nitrogens is 1. The molecule has 0 bridgehead atoms. The molecule has 0 aliphatic heterocycles. The van der Waals surface area contributed by atoms with Gasteiger partial charge in [0, 0.05) is 6.07 Å². The molecule has 3 aromatic rings. The molecule has 0 amide bonds. The van der Waals surface area contributed by atoms with Crippen molar-refractivity contribution in [2.45, 2.75) is 0 Å². The molecule has 0 radical (unpaired) electrons. The molecule has 3 rings (SSSR count). The van der Waals surface area contributed by atoms with Crippen molar-refractivity contribution >= 4 is 17.8 Å². The molecule has 0 spiro atoms. The number of aromatic amines is 1. The topological polar surface area (TPSA) is 96.7 Å². The predicted molar refractivity (Wildman–Crippen MR) is 77.8 cm³/mol. The maximum atomic E-state index is 11.7. The minimum atomic E-state index is -0.264. The molecule has 1 aromatic carbocycles. The Kier molecular flexibility index (Phi) is 3.34. The summed E-state index contributed by atoms with van der Waals surface area (Å²) in [6, 6.07) is 8.73. The fourth-order valence-corrected chi connectivity index (χ4v) is 1.74. The van der Waals surface area contributed by atoms with Crippen molar-refractivity contribution in [1.29, 1.82) is 0 Å². The molecule has 0 fully saturated rings. The Morgan fingerprint density at radius 1 is 1.38 bits per heavy atom. The zero-order valence-corrected chi connectivity index (χ0v) is 11.1. The molecule has 0 saturated carbocycles. The smallest absolute Gasteiger partial charge is 0.276 e. The number of rotatable bonds is 4. The van der Waals surface area contributed by atoms with Crippen molar-refractivity contribution in [3.05, 3.63) is 52.6 Å². The van der Waals surface area contributed by atoms with Crippen LogP contribution in [0.2, 0.25) is 0 Å². The van der Waals surface area contributed by atoms with E-state index >= 15 is 0 Å². The van der Waals surface area contributed by atoms with Crippen LogP contribution in [-0.4, -0.2) is 32.9 Å². The fourth-order valence-electron chi connectivity index (χ4n) is 1.74. The molecular weight excluding hydrogens is 272 g/mol. The van der Waals surface area contributed by atoms with Gasteiger partial charge in [-0.25, -0.2) is 4.98 Å². The summed E-state index contributed by atoms with van der Waals surface area (Å²) >= 11 is 0. The van der Waals surface area contributed by atoms with Gasteiger partial charge in [0.2, 0.25) is 0 Å². The van der Waals surface area contributed by atoms with E-state index in [-0.39, 0.29) is 11.3 Å². The van der Waals surface area contributed by atoms with E-state index in [1.807, 2.05) is 24.3 Å². The third kappa shape index (κ3) is 2.73. The van der Waals surface area contributed by atoms with Gasteiger partial charge in [-0.05, 0) is 29.8 Å². The van der Waals surface area contributed by atoms with Crippen molar-refractivity contribution in [3.63, 3.8) is 0 Å². The molecule has 0 aliphatic rings. The summed E-state index contributed by atoms with van der Waals surface area (Å²) in [5.74, 6) is 1.39. The molecule has 8 nitrogen and oxygen atoms in total. The summed E-state index contributed by atoms with van der Waals surface area (Å²) in [5, 5.41) is 6.70. The van der Waals surface area contributed by atoms with Gasteiger partial charge in [-0.2, -0.15) is 14.6 Å². The first kappa shape index (κ1) is 12.9. The number of aromatic nitrogens is 4. The monoisotopic (exact) mass is 284 g/mol. The number of methoxy groups -OCH3 is 1. The second kappa shape index (κ2) is 5.45. The zero-order chi connectivity index (χ0) is 14.7. The van der Waals surface area contributed by atoms with Crippen molar-refractivity contribution < 1.29 is 4.74 Å². The second-order valence-corrected chi connectivity index (χ2v) is 4.15. The lowest BCUT2D eigenvalue weighted by molar-refractivity contribution is 0.415. The van der Waals surface area contributed by atoms with Crippen LogP contribution in [0, 0.1) is 0 Å². The Hall–Kier alpha value is -3.16. The van der Waals surface area contributed by atoms with Crippen LogP contribution in [0.1, 0.15) is 5.56 Å². The van der Waals surface area contributed by atoms with E-state index in [2.05, 4.69) is 25.6 Å². The number of hydrogen-bond acceptors (Lipinski definition) is 6. The van der Waals surface area contributed by atoms with Crippen molar-refractivity contribution in [2.24, 2.45) is 5.10 Å². The average Bonchev–Trinajstić information content (AvgIpc) is 2.97. The minimum Gasteiger partial charge on any atom is -0.497 e. The Labute approximate surface area is 119 Å². The Bertz CT molecular complexity index is 834. The molecule has 0 aliphatic carbocycles. The van der Waals surface area contributed by atoms with Gasteiger partial charge in [-0.15, -0.1) is 0 Å². The summed E-state index contributed by atoms with van der Waals surface area (Å²) in [6.07, 6.45) is 3.02. The van der Waals surface area contributed by atoms with E-state index in [1.54, 1.807) is 13.3 Å². The maximum absolute atomic E-state index is 11.7. The van der Waals surface area contributed by atoms with Crippen LogP contribution in [0.3, 0.4) is 0 Å². The Morgan fingerprint density at radius 2 is 2.19 bits per heavy atom. The van der Waals surface area contributed by atoms with Gasteiger partial charge in [0.15, 0.2) is 5.82 Å². The van der Waals surface area contributed by atoms with E-state index in [9.17, 15) is 4.79 Å². The summed E-state index contributed by atoms with van der Waals surface area (Å²) in [5.41, 5.74) is 3.33. The Morgan fingerprint density at radius 3 is 2.95 bits per heavy atom. The molecule has 2 heterocycles. The summed E-state index contributed by atoms with van der Waals surface area (Å²) in [4.78, 5) is 19.8. The third-order valence-corrected chi connectivity index (χ3v) is 2.78. The van der Waals surface area contributed by atoms with Gasteiger partial charge < -0.3 is 4.74 Å². The average molecular weight is 284 g/mol. The minimum absolute atomic E-state index is 0.264.